The van der Waals surface area contributed by atoms with Gasteiger partial charge in [-0.05, 0) is 16.2 Å². The Labute approximate surface area is 103 Å². The first-order chi connectivity index (χ1) is 6.93. The Morgan fingerprint density at radius 2 is 1.31 bits per heavy atom. The van der Waals surface area contributed by atoms with Gasteiger partial charge >= 0.3 is 0 Å². The maximum absolute atomic E-state index is 2.49. The molecule has 2 fully saturated rings. The molecule has 0 N–H and O–H groups in total. The molecule has 1 aliphatic carbocycles. The Bertz CT molecular complexity index is 277. The third-order valence-electron chi connectivity index (χ3n) is 7.29. The van der Waals surface area contributed by atoms with Crippen LogP contribution in [-0.2, 0) is 0 Å². The van der Waals surface area contributed by atoms with Crippen LogP contribution in [0.5, 0.6) is 0 Å². The zero-order valence-electron chi connectivity index (χ0n) is 12.6. The summed E-state index contributed by atoms with van der Waals surface area (Å²) in [4.78, 5) is 0. The minimum atomic E-state index is 0.533. The van der Waals surface area contributed by atoms with Crippen molar-refractivity contribution < 1.29 is 0 Å². The van der Waals surface area contributed by atoms with E-state index in [1.54, 1.807) is 0 Å². The molecule has 1 heteroatoms. The van der Waals surface area contributed by atoms with Crippen molar-refractivity contribution in [2.45, 2.75) is 79.3 Å². The van der Waals surface area contributed by atoms with Gasteiger partial charge in [-0.1, -0.05) is 79.3 Å². The van der Waals surface area contributed by atoms with Gasteiger partial charge in [-0.2, -0.15) is 0 Å². The van der Waals surface area contributed by atoms with E-state index in [-0.39, 0.29) is 0 Å². The van der Waals surface area contributed by atoms with Gasteiger partial charge in [-0.25, -0.2) is 0 Å². The van der Waals surface area contributed by atoms with Crippen LogP contribution in [0.4, 0.5) is 0 Å². The predicted octanol–water partition coefficient (Wildman–Crippen LogP) is 5.13. The van der Waals surface area contributed by atoms with Crippen molar-refractivity contribution in [3.8, 4) is 0 Å². The molecule has 16 heavy (non-hydrogen) atoms. The number of hydrogen-bond donors (Lipinski definition) is 0. The van der Waals surface area contributed by atoms with Crippen molar-refractivity contribution in [2.75, 3.05) is 0 Å². The van der Waals surface area contributed by atoms with Gasteiger partial charge in [0.15, 0.2) is 6.71 Å². The van der Waals surface area contributed by atoms with Crippen molar-refractivity contribution in [2.24, 2.45) is 16.2 Å². The lowest BCUT2D eigenvalue weighted by molar-refractivity contribution is -0.0248. The van der Waals surface area contributed by atoms with Gasteiger partial charge in [0, 0.05) is 0 Å². The second-order valence-corrected chi connectivity index (χ2v) is 8.83. The molecule has 0 aromatic heterocycles. The van der Waals surface area contributed by atoms with Gasteiger partial charge in [-0.3, -0.25) is 0 Å². The topological polar surface area (TPSA) is 0 Å². The van der Waals surface area contributed by atoms with E-state index in [2.05, 4.69) is 55.4 Å². The Balaban J connectivity index is 2.15. The molecule has 0 bridgehead atoms. The number of rotatable bonds is 1. The van der Waals surface area contributed by atoms with E-state index in [0.717, 1.165) is 12.5 Å². The largest absolute Gasteiger partial charge is 0.150 e. The first-order valence-electron chi connectivity index (χ1n) is 6.93. The SMILES string of the molecule is CC1(C)CB(C2CC(C)(C)C2(C)C)C1(C)C. The van der Waals surface area contributed by atoms with Crippen LogP contribution in [-0.4, -0.2) is 6.71 Å². The van der Waals surface area contributed by atoms with Gasteiger partial charge in [0.1, 0.15) is 0 Å². The third kappa shape index (κ3) is 1.24. The van der Waals surface area contributed by atoms with Crippen LogP contribution in [0.1, 0.15) is 61.8 Å². The van der Waals surface area contributed by atoms with Crippen molar-refractivity contribution in [3.63, 3.8) is 0 Å². The molecule has 1 saturated heterocycles. The molecule has 0 amide bonds. The average Bonchev–Trinajstić information content (AvgIpc) is 2.11. The summed E-state index contributed by atoms with van der Waals surface area (Å²) in [5.74, 6) is 0.950. The van der Waals surface area contributed by atoms with Crippen LogP contribution < -0.4 is 0 Å². The smallest absolute Gasteiger partial charge is 0.0684 e. The lowest BCUT2D eigenvalue weighted by atomic mass is 9.06. The fourth-order valence-electron chi connectivity index (χ4n) is 4.17. The molecule has 1 heterocycles. The van der Waals surface area contributed by atoms with Crippen LogP contribution >= 0.6 is 0 Å². The summed E-state index contributed by atoms with van der Waals surface area (Å²) < 4.78 is 0. The molecule has 0 radical (unpaired) electrons. The molecule has 1 aliphatic heterocycles. The molecular weight excluding hydrogens is 191 g/mol. The first-order valence-corrected chi connectivity index (χ1v) is 6.93. The van der Waals surface area contributed by atoms with Crippen LogP contribution in [0, 0.1) is 16.2 Å². The molecule has 2 aliphatic rings. The second kappa shape index (κ2) is 2.90. The minimum Gasteiger partial charge on any atom is -0.0684 e. The van der Waals surface area contributed by atoms with E-state index < -0.39 is 0 Å². The normalized spacial score (nSPS) is 37.5. The minimum absolute atomic E-state index is 0.533. The van der Waals surface area contributed by atoms with E-state index in [0.29, 0.717) is 21.6 Å². The molecule has 1 saturated carbocycles. The van der Waals surface area contributed by atoms with Crippen molar-refractivity contribution >= 4 is 6.71 Å². The third-order valence-corrected chi connectivity index (χ3v) is 7.29. The van der Waals surface area contributed by atoms with Gasteiger partial charge in [-0.15, -0.1) is 0 Å². The molecule has 1 atom stereocenters. The second-order valence-electron chi connectivity index (χ2n) is 8.83. The lowest BCUT2D eigenvalue weighted by Gasteiger charge is -2.69. The molecule has 0 nitrogen and oxygen atoms in total. The summed E-state index contributed by atoms with van der Waals surface area (Å²) in [6.07, 6.45) is 2.87. The highest BCUT2D eigenvalue weighted by atomic mass is 14.6. The maximum Gasteiger partial charge on any atom is 0.150 e. The van der Waals surface area contributed by atoms with Crippen LogP contribution in [0.2, 0.25) is 17.5 Å². The Morgan fingerprint density at radius 1 is 0.812 bits per heavy atom. The van der Waals surface area contributed by atoms with Gasteiger partial charge in [0.05, 0.1) is 0 Å². The van der Waals surface area contributed by atoms with Crippen molar-refractivity contribution in [3.05, 3.63) is 0 Å². The Hall–Kier alpha value is 0.0649. The van der Waals surface area contributed by atoms with Crippen LogP contribution in [0.15, 0.2) is 0 Å². The van der Waals surface area contributed by atoms with E-state index in [9.17, 15) is 0 Å². The molecule has 2 rings (SSSR count). The summed E-state index contributed by atoms with van der Waals surface area (Å²) in [5, 5.41) is 0.533. The molecule has 0 aromatic rings. The highest BCUT2D eigenvalue weighted by Crippen LogP contribution is 2.74. The highest BCUT2D eigenvalue weighted by Gasteiger charge is 2.66. The molecule has 1 unspecified atom stereocenters. The Kier molecular flexibility index (Phi) is 2.27. The Morgan fingerprint density at radius 3 is 1.56 bits per heavy atom. The van der Waals surface area contributed by atoms with E-state index in [1.165, 1.54) is 12.7 Å². The van der Waals surface area contributed by atoms with Gasteiger partial charge < -0.3 is 0 Å². The molecule has 92 valence electrons. The van der Waals surface area contributed by atoms with Gasteiger partial charge in [0.25, 0.3) is 0 Å². The summed E-state index contributed by atoms with van der Waals surface area (Å²) in [6, 6.07) is 0. The van der Waals surface area contributed by atoms with E-state index in [1.807, 2.05) is 0 Å². The quantitative estimate of drug-likeness (QED) is 0.537. The average molecular weight is 220 g/mol. The molecule has 0 aromatic carbocycles. The zero-order valence-corrected chi connectivity index (χ0v) is 12.6. The monoisotopic (exact) mass is 220 g/mol. The van der Waals surface area contributed by atoms with Gasteiger partial charge in [0.2, 0.25) is 0 Å². The summed E-state index contributed by atoms with van der Waals surface area (Å²) in [7, 11) is 0. The van der Waals surface area contributed by atoms with Crippen LogP contribution in [0.25, 0.3) is 0 Å². The zero-order chi connectivity index (χ0) is 12.6. The maximum atomic E-state index is 2.49. The van der Waals surface area contributed by atoms with Crippen molar-refractivity contribution in [1.82, 2.24) is 0 Å². The summed E-state index contributed by atoms with van der Waals surface area (Å²) in [6.45, 7) is 20.7. The summed E-state index contributed by atoms with van der Waals surface area (Å²) >= 11 is 0. The number of hydrogen-bond acceptors (Lipinski definition) is 0. The lowest BCUT2D eigenvalue weighted by Crippen LogP contribution is -2.63. The highest BCUT2D eigenvalue weighted by molar-refractivity contribution is 6.68. The van der Waals surface area contributed by atoms with Crippen LogP contribution in [0.3, 0.4) is 0 Å². The molecular formula is C15H29B. The fourth-order valence-corrected chi connectivity index (χ4v) is 4.17. The standard InChI is InChI=1S/C15H29B/c1-12(2)9-11(14(12,5)6)16-10-13(3,4)15(16,7)8/h11H,9-10H2,1-8H3. The van der Waals surface area contributed by atoms with Crippen molar-refractivity contribution in [1.29, 1.82) is 0 Å². The predicted molar refractivity (Wildman–Crippen MR) is 74.3 cm³/mol. The van der Waals surface area contributed by atoms with E-state index in [4.69, 9.17) is 0 Å². The summed E-state index contributed by atoms with van der Waals surface area (Å²) in [5.41, 5.74) is 1.63. The van der Waals surface area contributed by atoms with E-state index >= 15 is 0 Å². The molecule has 0 spiro atoms. The fraction of sp³-hybridized carbons (Fsp3) is 1.00. The first kappa shape index (κ1) is 12.5.